The standard InChI is InChI=1S/C18H11NO2/c19-10-11-5-7-12(8-6-11)15-9-18(15)16(20)13-3-1-2-4-14(13)17(18)21/h1-8,15H,9H2. The van der Waals surface area contributed by atoms with Crippen molar-refractivity contribution < 1.29 is 9.59 Å². The quantitative estimate of drug-likeness (QED) is 0.750. The van der Waals surface area contributed by atoms with Crippen LogP contribution in [0, 0.1) is 16.7 Å². The van der Waals surface area contributed by atoms with Crippen LogP contribution in [0.1, 0.15) is 44.2 Å². The van der Waals surface area contributed by atoms with E-state index >= 15 is 0 Å². The summed E-state index contributed by atoms with van der Waals surface area (Å²) in [6.07, 6.45) is 0.575. The molecule has 0 aliphatic heterocycles. The van der Waals surface area contributed by atoms with Gasteiger partial charge in [0, 0.05) is 17.0 Å². The number of Topliss-reactive ketones (excluding diaryl/α,β-unsaturated/α-hetero) is 2. The number of nitrogens with zero attached hydrogens (tertiary/aromatic N) is 1. The van der Waals surface area contributed by atoms with E-state index in [1.165, 1.54) is 0 Å². The molecule has 2 aromatic rings. The zero-order valence-corrected chi connectivity index (χ0v) is 11.2. The van der Waals surface area contributed by atoms with Crippen molar-refractivity contribution in [1.82, 2.24) is 0 Å². The van der Waals surface area contributed by atoms with Gasteiger partial charge in [-0.25, -0.2) is 0 Å². The zero-order valence-electron chi connectivity index (χ0n) is 11.2. The summed E-state index contributed by atoms with van der Waals surface area (Å²) >= 11 is 0. The fraction of sp³-hybridized carbons (Fsp3) is 0.167. The number of hydrogen-bond donors (Lipinski definition) is 0. The van der Waals surface area contributed by atoms with Gasteiger partial charge in [0.25, 0.3) is 0 Å². The third-order valence-corrected chi connectivity index (χ3v) is 4.63. The second-order valence-electron chi connectivity index (χ2n) is 5.67. The van der Waals surface area contributed by atoms with Gasteiger partial charge >= 0.3 is 0 Å². The van der Waals surface area contributed by atoms with Gasteiger partial charge in [0.1, 0.15) is 5.41 Å². The van der Waals surface area contributed by atoms with Gasteiger partial charge in [-0.05, 0) is 24.1 Å². The summed E-state index contributed by atoms with van der Waals surface area (Å²) in [5, 5.41) is 8.83. The molecule has 2 aliphatic carbocycles. The number of rotatable bonds is 1. The van der Waals surface area contributed by atoms with Gasteiger partial charge in [-0.2, -0.15) is 5.26 Å². The predicted octanol–water partition coefficient (Wildman–Crippen LogP) is 3.11. The number of ketones is 2. The monoisotopic (exact) mass is 273 g/mol. The second-order valence-corrected chi connectivity index (χ2v) is 5.67. The number of nitriles is 1. The Labute approximate surface area is 121 Å². The van der Waals surface area contributed by atoms with Crippen molar-refractivity contribution in [3.63, 3.8) is 0 Å². The van der Waals surface area contributed by atoms with Crippen LogP contribution in [0.3, 0.4) is 0 Å². The number of carbonyl (C=O) groups excluding carboxylic acids is 2. The molecule has 0 N–H and O–H groups in total. The van der Waals surface area contributed by atoms with Crippen LogP contribution in [0.4, 0.5) is 0 Å². The first-order valence-corrected chi connectivity index (χ1v) is 6.87. The SMILES string of the molecule is N#Cc1ccc(C2CC23C(=O)c2ccccc2C3=O)cc1. The maximum Gasteiger partial charge on any atom is 0.178 e. The van der Waals surface area contributed by atoms with E-state index in [1.807, 2.05) is 12.1 Å². The molecule has 0 saturated heterocycles. The molecule has 1 fully saturated rings. The minimum atomic E-state index is -0.877. The third-order valence-electron chi connectivity index (χ3n) is 4.63. The topological polar surface area (TPSA) is 57.9 Å². The summed E-state index contributed by atoms with van der Waals surface area (Å²) in [7, 11) is 0. The highest BCUT2D eigenvalue weighted by Gasteiger charge is 2.68. The van der Waals surface area contributed by atoms with E-state index in [9.17, 15) is 9.59 Å². The Morgan fingerprint density at radius 2 is 1.52 bits per heavy atom. The molecular formula is C18H11NO2. The van der Waals surface area contributed by atoms with Crippen LogP contribution < -0.4 is 0 Å². The molecule has 2 aliphatic rings. The van der Waals surface area contributed by atoms with E-state index in [0.29, 0.717) is 23.1 Å². The molecule has 1 spiro atoms. The Balaban J connectivity index is 1.74. The lowest BCUT2D eigenvalue weighted by Gasteiger charge is -2.06. The van der Waals surface area contributed by atoms with Crippen molar-refractivity contribution >= 4 is 11.6 Å². The number of carbonyl (C=O) groups is 2. The van der Waals surface area contributed by atoms with E-state index in [2.05, 4.69) is 6.07 Å². The Kier molecular flexibility index (Phi) is 2.23. The van der Waals surface area contributed by atoms with Gasteiger partial charge in [-0.3, -0.25) is 9.59 Å². The first-order valence-electron chi connectivity index (χ1n) is 6.87. The lowest BCUT2D eigenvalue weighted by atomic mass is 9.93. The second kappa shape index (κ2) is 3.89. The van der Waals surface area contributed by atoms with Gasteiger partial charge in [0.05, 0.1) is 11.6 Å². The number of benzene rings is 2. The molecule has 3 nitrogen and oxygen atoms in total. The summed E-state index contributed by atoms with van der Waals surface area (Å²) in [6, 6.07) is 16.3. The zero-order chi connectivity index (χ0) is 14.6. The minimum Gasteiger partial charge on any atom is -0.293 e. The van der Waals surface area contributed by atoms with Crippen molar-refractivity contribution in [1.29, 1.82) is 5.26 Å². The smallest absolute Gasteiger partial charge is 0.178 e. The molecule has 0 bridgehead atoms. The number of fused-ring (bicyclic) bond motifs is 1. The summed E-state index contributed by atoms with van der Waals surface area (Å²) in [4.78, 5) is 25.2. The molecule has 0 amide bonds. The van der Waals surface area contributed by atoms with Crippen LogP contribution in [0.15, 0.2) is 48.5 Å². The summed E-state index contributed by atoms with van der Waals surface area (Å²) in [5.41, 5.74) is 1.78. The maximum absolute atomic E-state index is 12.6. The first-order chi connectivity index (χ1) is 10.2. The molecular weight excluding hydrogens is 262 g/mol. The highest BCUT2D eigenvalue weighted by molar-refractivity contribution is 6.32. The van der Waals surface area contributed by atoms with Crippen LogP contribution in [0.25, 0.3) is 0 Å². The van der Waals surface area contributed by atoms with E-state index < -0.39 is 5.41 Å². The third kappa shape index (κ3) is 1.42. The van der Waals surface area contributed by atoms with Gasteiger partial charge in [0.15, 0.2) is 11.6 Å². The average Bonchev–Trinajstić information content (AvgIpc) is 3.26. The van der Waals surface area contributed by atoms with Crippen molar-refractivity contribution in [2.75, 3.05) is 0 Å². The van der Waals surface area contributed by atoms with Gasteiger partial charge in [-0.1, -0.05) is 36.4 Å². The van der Waals surface area contributed by atoms with Crippen LogP contribution in [-0.2, 0) is 0 Å². The molecule has 1 unspecified atom stereocenters. The van der Waals surface area contributed by atoms with Crippen LogP contribution in [-0.4, -0.2) is 11.6 Å². The first kappa shape index (κ1) is 12.0. The molecule has 0 heterocycles. The fourth-order valence-electron chi connectivity index (χ4n) is 3.42. The van der Waals surface area contributed by atoms with Crippen LogP contribution >= 0.6 is 0 Å². The summed E-state index contributed by atoms with van der Waals surface area (Å²) in [5.74, 6) is -0.146. The number of hydrogen-bond acceptors (Lipinski definition) is 3. The van der Waals surface area contributed by atoms with Crippen molar-refractivity contribution in [3.8, 4) is 6.07 Å². The summed E-state index contributed by atoms with van der Waals surface area (Å²) in [6.45, 7) is 0. The van der Waals surface area contributed by atoms with E-state index in [4.69, 9.17) is 5.26 Å². The van der Waals surface area contributed by atoms with Crippen molar-refractivity contribution in [2.45, 2.75) is 12.3 Å². The average molecular weight is 273 g/mol. The fourth-order valence-corrected chi connectivity index (χ4v) is 3.42. The van der Waals surface area contributed by atoms with Crippen molar-refractivity contribution in [2.24, 2.45) is 5.41 Å². The van der Waals surface area contributed by atoms with Gasteiger partial charge < -0.3 is 0 Å². The normalized spacial score (nSPS) is 21.2. The molecule has 0 radical (unpaired) electrons. The van der Waals surface area contributed by atoms with Crippen molar-refractivity contribution in [3.05, 3.63) is 70.8 Å². The molecule has 21 heavy (non-hydrogen) atoms. The molecule has 1 saturated carbocycles. The Bertz CT molecular complexity index is 792. The Morgan fingerprint density at radius 1 is 0.952 bits per heavy atom. The summed E-state index contributed by atoms with van der Waals surface area (Å²) < 4.78 is 0. The lowest BCUT2D eigenvalue weighted by molar-refractivity contribution is 0.0809. The lowest BCUT2D eigenvalue weighted by Crippen LogP contribution is -2.18. The van der Waals surface area contributed by atoms with Gasteiger partial charge in [-0.15, -0.1) is 0 Å². The maximum atomic E-state index is 12.6. The van der Waals surface area contributed by atoms with Gasteiger partial charge in [0.2, 0.25) is 0 Å². The molecule has 4 rings (SSSR count). The van der Waals surface area contributed by atoms with E-state index in [0.717, 1.165) is 5.56 Å². The van der Waals surface area contributed by atoms with E-state index in [-0.39, 0.29) is 17.5 Å². The van der Waals surface area contributed by atoms with Crippen LogP contribution in [0.5, 0.6) is 0 Å². The van der Waals surface area contributed by atoms with Crippen LogP contribution in [0.2, 0.25) is 0 Å². The predicted molar refractivity (Wildman–Crippen MR) is 76.1 cm³/mol. The highest BCUT2D eigenvalue weighted by Crippen LogP contribution is 2.65. The largest absolute Gasteiger partial charge is 0.293 e. The minimum absolute atomic E-state index is 0.0440. The van der Waals surface area contributed by atoms with E-state index in [1.54, 1.807) is 36.4 Å². The highest BCUT2D eigenvalue weighted by atomic mass is 16.2. The Morgan fingerprint density at radius 3 is 2.05 bits per heavy atom. The molecule has 2 aromatic carbocycles. The Hall–Kier alpha value is -2.73. The molecule has 0 aromatic heterocycles. The molecule has 100 valence electrons. The molecule has 3 heteroatoms. The molecule has 1 atom stereocenters.